The molecule has 1 heterocycles. The summed E-state index contributed by atoms with van der Waals surface area (Å²) in [6.45, 7) is 9.19. The zero-order valence-corrected chi connectivity index (χ0v) is 23.5. The molecule has 38 heavy (non-hydrogen) atoms. The van der Waals surface area contributed by atoms with Gasteiger partial charge in [0.05, 0.1) is 14.2 Å². The van der Waals surface area contributed by atoms with Crippen LogP contribution < -0.4 is 20.1 Å². The van der Waals surface area contributed by atoms with Crippen molar-refractivity contribution in [3.05, 3.63) is 96.2 Å². The van der Waals surface area contributed by atoms with Crippen LogP contribution in [0.4, 0.5) is 0 Å². The first-order valence-corrected chi connectivity index (χ1v) is 12.7. The molecule has 0 atom stereocenters. The summed E-state index contributed by atoms with van der Waals surface area (Å²) in [7, 11) is 3.34. The lowest BCUT2D eigenvalue weighted by atomic mass is 10.2. The number of aromatic amines is 1. The molecule has 0 radical (unpaired) electrons. The van der Waals surface area contributed by atoms with Crippen molar-refractivity contribution in [1.29, 1.82) is 0 Å². The zero-order valence-electron chi connectivity index (χ0n) is 23.5. The summed E-state index contributed by atoms with van der Waals surface area (Å²) in [5, 5.41) is 5.96. The van der Waals surface area contributed by atoms with Crippen molar-refractivity contribution in [3.8, 4) is 11.5 Å². The number of hydrogen-bond donors (Lipinski definition) is 3. The van der Waals surface area contributed by atoms with Gasteiger partial charge in [-0.05, 0) is 55.3 Å². The van der Waals surface area contributed by atoms with E-state index >= 15 is 0 Å². The first kappa shape index (κ1) is 33.7. The number of H-pyrrole nitrogens is 1. The Kier molecular flexibility index (Phi) is 20.6. The molecule has 0 bridgehead atoms. The molecule has 0 unspecified atom stereocenters. The summed E-state index contributed by atoms with van der Waals surface area (Å²) in [4.78, 5) is 22.3. The quantitative estimate of drug-likeness (QED) is 0.198. The Morgan fingerprint density at radius 1 is 0.737 bits per heavy atom. The molecule has 0 aliphatic heterocycles. The second-order valence-corrected chi connectivity index (χ2v) is 7.41. The second-order valence-electron chi connectivity index (χ2n) is 7.41. The third kappa shape index (κ3) is 15.7. The third-order valence-electron chi connectivity index (χ3n) is 4.77. The van der Waals surface area contributed by atoms with E-state index in [1.807, 2.05) is 75.4 Å². The first-order chi connectivity index (χ1) is 18.6. The van der Waals surface area contributed by atoms with Crippen LogP contribution in [0.15, 0.2) is 84.9 Å². The number of rotatable bonds is 8. The zero-order chi connectivity index (χ0) is 28.4. The van der Waals surface area contributed by atoms with Crippen molar-refractivity contribution in [3.63, 3.8) is 0 Å². The molecule has 4 rings (SSSR count). The van der Waals surface area contributed by atoms with E-state index in [4.69, 9.17) is 9.47 Å². The van der Waals surface area contributed by atoms with Crippen LogP contribution in [0, 0.1) is 6.92 Å². The highest BCUT2D eigenvalue weighted by molar-refractivity contribution is 5.81. The smallest absolute Gasteiger partial charge is 0.207 e. The monoisotopic (exact) mass is 521 g/mol. The number of amides is 2. The highest BCUT2D eigenvalue weighted by Gasteiger charge is 1.98. The van der Waals surface area contributed by atoms with E-state index in [1.54, 1.807) is 14.2 Å². The number of methoxy groups -OCH3 is 2. The molecule has 7 nitrogen and oxygen atoms in total. The molecule has 0 spiro atoms. The Bertz CT molecular complexity index is 1050. The lowest BCUT2D eigenvalue weighted by molar-refractivity contribution is -0.111. The van der Waals surface area contributed by atoms with Gasteiger partial charge in [0.2, 0.25) is 12.8 Å². The van der Waals surface area contributed by atoms with Gasteiger partial charge in [0, 0.05) is 29.7 Å². The standard InChI is InChI=1S/C10H11NO.C8H10.C7H8O.C4H8N2O2.C2H6/c1-7-5-8-6-9(12-2)3-4-10(8)11-7;1-2-8-6-4-3-5-7-8;1-8-7-5-3-2-4-6-7;7-3-5-1-2-6-4-8;1-2/h3-6,11H,1-2H3;3-7H,2H2,1H3;2-6H,1H3;3-4H,1-2H2,(H,5,7)(H,6,8);1-2H3. The molecule has 0 saturated carbocycles. The van der Waals surface area contributed by atoms with Gasteiger partial charge < -0.3 is 25.1 Å². The van der Waals surface area contributed by atoms with Crippen LogP contribution in [0.3, 0.4) is 0 Å². The Hall–Kier alpha value is -4.26. The average Bonchev–Trinajstić information content (AvgIpc) is 3.37. The van der Waals surface area contributed by atoms with Gasteiger partial charge in [-0.25, -0.2) is 0 Å². The predicted molar refractivity (Wildman–Crippen MR) is 158 cm³/mol. The Morgan fingerprint density at radius 2 is 1.26 bits per heavy atom. The van der Waals surface area contributed by atoms with Crippen molar-refractivity contribution in [2.45, 2.75) is 34.1 Å². The van der Waals surface area contributed by atoms with E-state index in [1.165, 1.54) is 16.6 Å². The number of para-hydroxylation sites is 1. The number of carbonyl (C=O) groups excluding carboxylic acids is 2. The van der Waals surface area contributed by atoms with Crippen LogP contribution in [0.25, 0.3) is 10.9 Å². The van der Waals surface area contributed by atoms with Crippen molar-refractivity contribution in [2.75, 3.05) is 27.3 Å². The van der Waals surface area contributed by atoms with Gasteiger partial charge >= 0.3 is 0 Å². The molecule has 1 aromatic heterocycles. The maximum atomic E-state index is 9.54. The fourth-order valence-electron chi connectivity index (χ4n) is 2.92. The van der Waals surface area contributed by atoms with Gasteiger partial charge in [-0.2, -0.15) is 0 Å². The van der Waals surface area contributed by atoms with Crippen LogP contribution in [0.2, 0.25) is 0 Å². The molecular formula is C31H43N3O4. The molecule has 7 heteroatoms. The van der Waals surface area contributed by atoms with Crippen LogP contribution in [-0.4, -0.2) is 45.1 Å². The number of aryl methyl sites for hydroxylation is 2. The molecule has 3 aromatic carbocycles. The maximum absolute atomic E-state index is 9.54. The summed E-state index contributed by atoms with van der Waals surface area (Å²) in [6, 6.07) is 28.3. The Labute approximate surface area is 227 Å². The van der Waals surface area contributed by atoms with Crippen LogP contribution in [-0.2, 0) is 16.0 Å². The average molecular weight is 522 g/mol. The number of fused-ring (bicyclic) bond motifs is 1. The number of aromatic nitrogens is 1. The highest BCUT2D eigenvalue weighted by Crippen LogP contribution is 2.20. The molecule has 0 aliphatic carbocycles. The summed E-state index contributed by atoms with van der Waals surface area (Å²) < 4.78 is 10.0. The fraction of sp³-hybridized carbons (Fsp3) is 0.290. The summed E-state index contributed by atoms with van der Waals surface area (Å²) in [5.41, 5.74) is 3.75. The van der Waals surface area contributed by atoms with Gasteiger partial charge in [-0.3, -0.25) is 9.59 Å². The number of ether oxygens (including phenoxy) is 2. The number of nitrogens with one attached hydrogen (secondary N) is 3. The van der Waals surface area contributed by atoms with Gasteiger partial charge in [0.15, 0.2) is 0 Å². The Balaban J connectivity index is 0.000000479. The molecule has 206 valence electrons. The lowest BCUT2D eigenvalue weighted by Crippen LogP contribution is -2.25. The molecule has 0 aliphatic rings. The predicted octanol–water partition coefficient (Wildman–Crippen LogP) is 5.93. The van der Waals surface area contributed by atoms with E-state index in [-0.39, 0.29) is 0 Å². The maximum Gasteiger partial charge on any atom is 0.207 e. The van der Waals surface area contributed by atoms with E-state index in [0.29, 0.717) is 25.9 Å². The summed E-state index contributed by atoms with van der Waals surface area (Å²) >= 11 is 0. The van der Waals surface area contributed by atoms with Gasteiger partial charge in [0.25, 0.3) is 0 Å². The number of carbonyl (C=O) groups is 2. The van der Waals surface area contributed by atoms with Gasteiger partial charge in [-0.1, -0.05) is 69.3 Å². The normalized spacial score (nSPS) is 8.79. The molecular weight excluding hydrogens is 478 g/mol. The fourth-order valence-corrected chi connectivity index (χ4v) is 2.92. The molecule has 4 aromatic rings. The van der Waals surface area contributed by atoms with Crippen molar-refractivity contribution in [2.24, 2.45) is 0 Å². The number of hydrogen-bond acceptors (Lipinski definition) is 4. The molecule has 0 fully saturated rings. The van der Waals surface area contributed by atoms with Gasteiger partial charge in [0.1, 0.15) is 11.5 Å². The van der Waals surface area contributed by atoms with E-state index in [2.05, 4.69) is 52.9 Å². The Morgan fingerprint density at radius 3 is 1.68 bits per heavy atom. The van der Waals surface area contributed by atoms with Crippen molar-refractivity contribution in [1.82, 2.24) is 15.6 Å². The van der Waals surface area contributed by atoms with Crippen molar-refractivity contribution < 1.29 is 19.1 Å². The molecule has 2 amide bonds. The largest absolute Gasteiger partial charge is 0.497 e. The minimum absolute atomic E-state index is 0.488. The van der Waals surface area contributed by atoms with E-state index in [9.17, 15) is 9.59 Å². The lowest BCUT2D eigenvalue weighted by Gasteiger charge is -1.97. The van der Waals surface area contributed by atoms with Crippen molar-refractivity contribution >= 4 is 23.7 Å². The van der Waals surface area contributed by atoms with Crippen LogP contribution in [0.5, 0.6) is 11.5 Å². The summed E-state index contributed by atoms with van der Waals surface area (Å²) in [6.07, 6.45) is 2.32. The third-order valence-corrected chi connectivity index (χ3v) is 4.77. The number of benzene rings is 3. The van der Waals surface area contributed by atoms with Gasteiger partial charge in [-0.15, -0.1) is 0 Å². The molecule has 3 N–H and O–H groups in total. The second kappa shape index (κ2) is 23.2. The first-order valence-electron chi connectivity index (χ1n) is 12.7. The minimum Gasteiger partial charge on any atom is -0.497 e. The SMILES string of the molecule is CC.CCc1ccccc1.COc1ccc2[nH]c(C)cc2c1.COc1ccccc1.O=CNCCNC=O. The van der Waals surface area contributed by atoms with Crippen LogP contribution >= 0.6 is 0 Å². The summed E-state index contributed by atoms with van der Waals surface area (Å²) in [5.74, 6) is 1.81. The highest BCUT2D eigenvalue weighted by atomic mass is 16.5. The van der Waals surface area contributed by atoms with E-state index < -0.39 is 0 Å². The topological polar surface area (TPSA) is 92.4 Å². The van der Waals surface area contributed by atoms with E-state index in [0.717, 1.165) is 23.4 Å². The molecule has 0 saturated heterocycles. The van der Waals surface area contributed by atoms with Crippen LogP contribution in [0.1, 0.15) is 32.0 Å². The minimum atomic E-state index is 0.488.